The Morgan fingerprint density at radius 2 is 1.91 bits per heavy atom. The number of ether oxygens (including phenoxy) is 1. The van der Waals surface area contributed by atoms with Gasteiger partial charge in [-0.2, -0.15) is 4.73 Å². The third kappa shape index (κ3) is 5.50. The number of aliphatic imine (C=N–C) groups is 1. The van der Waals surface area contributed by atoms with Crippen LogP contribution in [-0.4, -0.2) is 28.4 Å². The lowest BCUT2D eigenvalue weighted by molar-refractivity contribution is -0.619. The van der Waals surface area contributed by atoms with Crippen molar-refractivity contribution in [3.8, 4) is 11.1 Å². The Hall–Kier alpha value is -4.21. The van der Waals surface area contributed by atoms with Gasteiger partial charge in [0.05, 0.1) is 11.4 Å². The lowest BCUT2D eigenvalue weighted by atomic mass is 9.88. The van der Waals surface area contributed by atoms with Crippen LogP contribution in [0.4, 0.5) is 16.2 Å². The standard InChI is InChI=1S/C33H33ClN4O5/c1-18-24(20-6-5-19-7-10-29(39)36-27(19)14-20)16-28(35-18)33(41)12-11-21-13-22(17-38(42)30(21)33)25-15-23(34)8-9-26(25)37-31(40)43-32(2,3)4/h5-6,8-9,13-15,17,41H,7,10-12,16H2,1-4H3,(H,36,39)(H,37,40). The summed E-state index contributed by atoms with van der Waals surface area (Å²) in [6, 6.07) is 12.9. The second-order valence-corrected chi connectivity index (χ2v) is 12.8. The molecule has 2 aromatic carbocycles. The molecule has 2 aliphatic heterocycles. The van der Waals surface area contributed by atoms with E-state index in [2.05, 4.69) is 10.6 Å². The zero-order valence-corrected chi connectivity index (χ0v) is 25.3. The number of amides is 2. The number of hydrogen-bond donors (Lipinski definition) is 3. The molecule has 0 fully saturated rings. The molecular weight excluding hydrogens is 568 g/mol. The van der Waals surface area contributed by atoms with Crippen LogP contribution in [-0.2, 0) is 28.0 Å². The number of carbonyl (C=O) groups excluding carboxylic acids is 2. The van der Waals surface area contributed by atoms with E-state index in [4.69, 9.17) is 21.3 Å². The van der Waals surface area contributed by atoms with Gasteiger partial charge < -0.3 is 20.4 Å². The summed E-state index contributed by atoms with van der Waals surface area (Å²) in [6.45, 7) is 7.22. The van der Waals surface area contributed by atoms with E-state index in [0.717, 1.165) is 28.1 Å². The Labute approximate surface area is 254 Å². The highest BCUT2D eigenvalue weighted by Gasteiger charge is 2.50. The van der Waals surface area contributed by atoms with E-state index in [1.807, 2.05) is 31.2 Å². The summed E-state index contributed by atoms with van der Waals surface area (Å²) in [6.07, 6.45) is 3.11. The van der Waals surface area contributed by atoms with Crippen LogP contribution in [0.5, 0.6) is 0 Å². The number of allylic oxidation sites excluding steroid dienone is 2. The second kappa shape index (κ2) is 10.5. The summed E-state index contributed by atoms with van der Waals surface area (Å²) in [5.41, 5.74) is 5.34. The maximum Gasteiger partial charge on any atom is 0.412 e. The van der Waals surface area contributed by atoms with Gasteiger partial charge in [0.15, 0.2) is 11.8 Å². The van der Waals surface area contributed by atoms with Crippen LogP contribution in [0.25, 0.3) is 16.7 Å². The molecule has 3 aromatic rings. The Morgan fingerprint density at radius 3 is 2.67 bits per heavy atom. The van der Waals surface area contributed by atoms with Crippen molar-refractivity contribution in [3.05, 3.63) is 87.0 Å². The molecule has 1 aromatic heterocycles. The van der Waals surface area contributed by atoms with Crippen molar-refractivity contribution in [2.45, 2.75) is 71.0 Å². The van der Waals surface area contributed by atoms with Gasteiger partial charge >= 0.3 is 6.09 Å². The predicted molar refractivity (Wildman–Crippen MR) is 166 cm³/mol. The van der Waals surface area contributed by atoms with Crippen molar-refractivity contribution < 1.29 is 24.2 Å². The fourth-order valence-electron chi connectivity index (χ4n) is 6.12. The van der Waals surface area contributed by atoms with Crippen LogP contribution >= 0.6 is 11.6 Å². The van der Waals surface area contributed by atoms with Gasteiger partial charge in [-0.15, -0.1) is 0 Å². The molecule has 1 atom stereocenters. The first-order valence-corrected chi connectivity index (χ1v) is 14.7. The Balaban J connectivity index is 1.29. The SMILES string of the molecule is CC1=C(c2ccc3c(c2)NC(=O)CC3)CC(C2(O)CCc3cc(-c4cc(Cl)ccc4NC(=O)OC(C)(C)C)c[n+]([O-])c32)=N1. The molecule has 0 bridgehead atoms. The summed E-state index contributed by atoms with van der Waals surface area (Å²) in [5.74, 6) is 0.000437. The molecule has 3 N–H and O–H groups in total. The highest BCUT2D eigenvalue weighted by atomic mass is 35.5. The maximum atomic E-state index is 13.6. The molecule has 0 saturated heterocycles. The average molecular weight is 601 g/mol. The third-order valence-corrected chi connectivity index (χ3v) is 8.34. The molecule has 9 nitrogen and oxygen atoms in total. The Kier molecular flexibility index (Phi) is 7.06. The first kappa shape index (κ1) is 28.9. The number of carbonyl (C=O) groups is 2. The minimum atomic E-state index is -1.53. The zero-order valence-electron chi connectivity index (χ0n) is 24.5. The van der Waals surface area contributed by atoms with Gasteiger partial charge in [-0.05, 0) is 94.0 Å². The number of nitrogens with zero attached hydrogens (tertiary/aromatic N) is 2. The first-order valence-electron chi connectivity index (χ1n) is 14.3. The summed E-state index contributed by atoms with van der Waals surface area (Å²) < 4.78 is 6.12. The van der Waals surface area contributed by atoms with Gasteiger partial charge in [-0.3, -0.25) is 15.1 Å². The van der Waals surface area contributed by atoms with Crippen LogP contribution in [0.3, 0.4) is 0 Å². The van der Waals surface area contributed by atoms with Crippen LogP contribution in [0.1, 0.15) is 69.3 Å². The molecule has 222 valence electrons. The predicted octanol–water partition coefficient (Wildman–Crippen LogP) is 6.28. The molecule has 3 heterocycles. The summed E-state index contributed by atoms with van der Waals surface area (Å²) in [5, 5.41) is 31.7. The maximum absolute atomic E-state index is 13.6. The second-order valence-electron chi connectivity index (χ2n) is 12.3. The summed E-state index contributed by atoms with van der Waals surface area (Å²) >= 11 is 6.31. The molecule has 43 heavy (non-hydrogen) atoms. The van der Waals surface area contributed by atoms with Crippen molar-refractivity contribution in [1.29, 1.82) is 0 Å². The molecule has 1 unspecified atom stereocenters. The van der Waals surface area contributed by atoms with E-state index < -0.39 is 17.3 Å². The van der Waals surface area contributed by atoms with Gasteiger partial charge in [0.2, 0.25) is 11.6 Å². The topological polar surface area (TPSA) is 127 Å². The van der Waals surface area contributed by atoms with Crippen LogP contribution in [0.15, 0.2) is 59.4 Å². The highest BCUT2D eigenvalue weighted by Crippen LogP contribution is 2.44. The summed E-state index contributed by atoms with van der Waals surface area (Å²) in [4.78, 5) is 29.2. The fourth-order valence-corrected chi connectivity index (χ4v) is 6.29. The van der Waals surface area contributed by atoms with E-state index in [0.29, 0.717) is 69.9 Å². The van der Waals surface area contributed by atoms with Crippen LogP contribution < -0.4 is 15.4 Å². The van der Waals surface area contributed by atoms with Gasteiger partial charge in [-0.25, -0.2) is 4.79 Å². The van der Waals surface area contributed by atoms with E-state index in [1.165, 1.54) is 6.20 Å². The number of benzene rings is 2. The number of halogens is 1. The van der Waals surface area contributed by atoms with Crippen molar-refractivity contribution in [2.75, 3.05) is 10.6 Å². The van der Waals surface area contributed by atoms with E-state index >= 15 is 0 Å². The minimum absolute atomic E-state index is 0.000437. The van der Waals surface area contributed by atoms with Crippen molar-refractivity contribution >= 4 is 46.3 Å². The molecular formula is C33H33ClN4O5. The molecule has 0 spiro atoms. The van der Waals surface area contributed by atoms with Crippen molar-refractivity contribution in [2.24, 2.45) is 4.99 Å². The molecule has 0 saturated carbocycles. The van der Waals surface area contributed by atoms with Gasteiger partial charge in [0.25, 0.3) is 0 Å². The number of aromatic nitrogens is 1. The average Bonchev–Trinajstić information content (AvgIpc) is 3.49. The number of hydrogen-bond acceptors (Lipinski definition) is 6. The molecule has 0 radical (unpaired) electrons. The molecule has 2 amide bonds. The number of fused-ring (bicyclic) bond motifs is 2. The van der Waals surface area contributed by atoms with E-state index in [1.54, 1.807) is 39.0 Å². The van der Waals surface area contributed by atoms with Gasteiger partial charge in [-0.1, -0.05) is 23.7 Å². The van der Waals surface area contributed by atoms with E-state index in [-0.39, 0.29) is 11.6 Å². The number of pyridine rings is 1. The largest absolute Gasteiger partial charge is 0.618 e. The van der Waals surface area contributed by atoms with Crippen molar-refractivity contribution in [1.82, 2.24) is 0 Å². The number of nitrogens with one attached hydrogen (secondary N) is 2. The first-order chi connectivity index (χ1) is 20.3. The lowest BCUT2D eigenvalue weighted by Gasteiger charge is -2.23. The van der Waals surface area contributed by atoms with Crippen molar-refractivity contribution in [3.63, 3.8) is 0 Å². The Bertz CT molecular complexity index is 1760. The third-order valence-electron chi connectivity index (χ3n) is 8.10. The van der Waals surface area contributed by atoms with Crippen LogP contribution in [0, 0.1) is 5.21 Å². The lowest BCUT2D eigenvalue weighted by Crippen LogP contribution is -2.45. The smallest absolute Gasteiger partial charge is 0.412 e. The van der Waals surface area contributed by atoms with Gasteiger partial charge in [0.1, 0.15) is 5.60 Å². The zero-order chi connectivity index (χ0) is 30.7. The van der Waals surface area contributed by atoms with E-state index in [9.17, 15) is 19.9 Å². The van der Waals surface area contributed by atoms with Crippen LogP contribution in [0.2, 0.25) is 5.02 Å². The Morgan fingerprint density at radius 1 is 1.12 bits per heavy atom. The summed E-state index contributed by atoms with van der Waals surface area (Å²) in [7, 11) is 0. The quantitative estimate of drug-likeness (QED) is 0.240. The normalized spacial score (nSPS) is 19.5. The monoisotopic (exact) mass is 600 g/mol. The highest BCUT2D eigenvalue weighted by molar-refractivity contribution is 6.31. The molecule has 6 rings (SSSR count). The number of aliphatic hydroxyl groups is 1. The molecule has 3 aliphatic rings. The molecule has 10 heteroatoms. The van der Waals surface area contributed by atoms with Gasteiger partial charge in [0, 0.05) is 45.9 Å². The number of rotatable bonds is 4. The fraction of sp³-hybridized carbons (Fsp3) is 0.333. The number of aryl methyl sites for hydroxylation is 2. The number of anilines is 2. The molecule has 1 aliphatic carbocycles. The minimum Gasteiger partial charge on any atom is -0.618 e.